The number of H-pyrrole nitrogens is 1. The van der Waals surface area contributed by atoms with Gasteiger partial charge in [0.2, 0.25) is 0 Å². The van der Waals surface area contributed by atoms with Crippen molar-refractivity contribution in [3.05, 3.63) is 64.5 Å². The fourth-order valence-electron chi connectivity index (χ4n) is 2.73. The molecule has 2 N–H and O–H groups in total. The van der Waals surface area contributed by atoms with Gasteiger partial charge in [0.25, 0.3) is 5.69 Å². The topological polar surface area (TPSA) is 110 Å². The zero-order valence-corrected chi connectivity index (χ0v) is 14.8. The molecule has 8 nitrogen and oxygen atoms in total. The summed E-state index contributed by atoms with van der Waals surface area (Å²) in [5.41, 5.74) is 1.81. The number of nitrogens with one attached hydrogen (secondary N) is 2. The Morgan fingerprint density at radius 3 is 2.85 bits per heavy atom. The van der Waals surface area contributed by atoms with E-state index < -0.39 is 4.92 Å². The number of esters is 1. The van der Waals surface area contributed by atoms with E-state index in [-0.39, 0.29) is 30.7 Å². The average Bonchev–Trinajstić information content (AvgIpc) is 3.08. The monoisotopic (exact) mass is 368 g/mol. The lowest BCUT2D eigenvalue weighted by Crippen LogP contribution is -2.27. The molecule has 0 saturated carbocycles. The van der Waals surface area contributed by atoms with E-state index in [9.17, 15) is 14.9 Å². The summed E-state index contributed by atoms with van der Waals surface area (Å²) in [7, 11) is 0. The number of pyridine rings is 1. The molecule has 2 heterocycles. The Balaban J connectivity index is 1.54. The number of fused-ring (bicyclic) bond motifs is 1. The predicted molar refractivity (Wildman–Crippen MR) is 102 cm³/mol. The van der Waals surface area contributed by atoms with E-state index >= 15 is 0 Å². The van der Waals surface area contributed by atoms with Crippen molar-refractivity contribution in [3.8, 4) is 0 Å². The Hall–Kier alpha value is -3.42. The third-order valence-corrected chi connectivity index (χ3v) is 4.26. The molecule has 140 valence electrons. The molecule has 0 aliphatic heterocycles. The van der Waals surface area contributed by atoms with Crippen LogP contribution in [0.5, 0.6) is 0 Å². The maximum atomic E-state index is 12.2. The van der Waals surface area contributed by atoms with Crippen LogP contribution in [0.3, 0.4) is 0 Å². The number of carbonyl (C=O) groups excluding carboxylic acids is 1. The van der Waals surface area contributed by atoms with E-state index in [0.29, 0.717) is 12.2 Å². The zero-order chi connectivity index (χ0) is 19.2. The number of rotatable bonds is 8. The molecule has 3 aromatic rings. The Morgan fingerprint density at radius 1 is 1.33 bits per heavy atom. The van der Waals surface area contributed by atoms with Gasteiger partial charge in [-0.3, -0.25) is 14.9 Å². The van der Waals surface area contributed by atoms with Crippen molar-refractivity contribution in [1.29, 1.82) is 0 Å². The van der Waals surface area contributed by atoms with E-state index in [1.807, 2.05) is 37.4 Å². The molecule has 1 unspecified atom stereocenters. The number of benzene rings is 1. The van der Waals surface area contributed by atoms with Crippen LogP contribution in [0.1, 0.15) is 18.9 Å². The van der Waals surface area contributed by atoms with Crippen LogP contribution in [-0.4, -0.2) is 33.5 Å². The maximum Gasteiger partial charge on any atom is 0.310 e. The van der Waals surface area contributed by atoms with Crippen LogP contribution in [0.4, 0.5) is 11.5 Å². The van der Waals surface area contributed by atoms with E-state index in [1.54, 1.807) is 0 Å². The number of nitro groups is 1. The largest absolute Gasteiger partial charge is 0.463 e. The zero-order valence-electron chi connectivity index (χ0n) is 14.8. The molecule has 3 rings (SSSR count). The molecular weight excluding hydrogens is 348 g/mol. The summed E-state index contributed by atoms with van der Waals surface area (Å²) in [4.78, 5) is 29.5. The average molecular weight is 368 g/mol. The molecule has 0 radical (unpaired) electrons. The first-order chi connectivity index (χ1) is 13.1. The molecule has 0 fully saturated rings. The number of para-hydroxylation sites is 1. The minimum atomic E-state index is -0.499. The lowest BCUT2D eigenvalue weighted by Gasteiger charge is -2.17. The van der Waals surface area contributed by atoms with Gasteiger partial charge >= 0.3 is 5.97 Å². The number of ether oxygens (including phenoxy) is 1. The molecule has 1 atom stereocenters. The van der Waals surface area contributed by atoms with Crippen LogP contribution < -0.4 is 5.32 Å². The molecule has 8 heteroatoms. The number of aromatic amines is 1. The lowest BCUT2D eigenvalue weighted by molar-refractivity contribution is -0.385. The number of aromatic nitrogens is 2. The van der Waals surface area contributed by atoms with E-state index in [4.69, 9.17) is 4.74 Å². The first kappa shape index (κ1) is 18.4. The van der Waals surface area contributed by atoms with Gasteiger partial charge in [0.05, 0.1) is 17.4 Å². The summed E-state index contributed by atoms with van der Waals surface area (Å²) < 4.78 is 5.40. The smallest absolute Gasteiger partial charge is 0.310 e. The van der Waals surface area contributed by atoms with Crippen molar-refractivity contribution < 1.29 is 14.5 Å². The van der Waals surface area contributed by atoms with Crippen molar-refractivity contribution in [2.24, 2.45) is 0 Å². The van der Waals surface area contributed by atoms with Gasteiger partial charge in [-0.05, 0) is 24.1 Å². The van der Waals surface area contributed by atoms with Crippen molar-refractivity contribution >= 4 is 28.4 Å². The maximum absolute atomic E-state index is 12.2. The van der Waals surface area contributed by atoms with E-state index in [2.05, 4.69) is 15.3 Å². The number of hydrogen-bond acceptors (Lipinski definition) is 6. The molecule has 0 saturated heterocycles. The van der Waals surface area contributed by atoms with Crippen LogP contribution >= 0.6 is 0 Å². The SMILES string of the molecule is CCC(COC(=O)Cc1c[nH]c2ccccc12)Nc1ccc([N+](=O)[O-])cn1. The highest BCUT2D eigenvalue weighted by Gasteiger charge is 2.14. The highest BCUT2D eigenvalue weighted by molar-refractivity contribution is 5.87. The van der Waals surface area contributed by atoms with Gasteiger partial charge in [0, 0.05) is 23.2 Å². The quantitative estimate of drug-likeness (QED) is 0.358. The molecule has 27 heavy (non-hydrogen) atoms. The van der Waals surface area contributed by atoms with Gasteiger partial charge in [0.15, 0.2) is 0 Å². The Labute approximate surface area is 155 Å². The van der Waals surface area contributed by atoms with Crippen LogP contribution in [0.15, 0.2) is 48.8 Å². The van der Waals surface area contributed by atoms with Crippen molar-refractivity contribution in [1.82, 2.24) is 9.97 Å². The second kappa shape index (κ2) is 8.31. The van der Waals surface area contributed by atoms with Gasteiger partial charge in [0.1, 0.15) is 18.6 Å². The van der Waals surface area contributed by atoms with Crippen molar-refractivity contribution in [2.75, 3.05) is 11.9 Å². The predicted octanol–water partition coefficient (Wildman–Crippen LogP) is 3.45. The minimum Gasteiger partial charge on any atom is -0.463 e. The van der Waals surface area contributed by atoms with E-state index in [1.165, 1.54) is 18.3 Å². The number of anilines is 1. The summed E-state index contributed by atoms with van der Waals surface area (Å²) >= 11 is 0. The Morgan fingerprint density at radius 2 is 2.15 bits per heavy atom. The highest BCUT2D eigenvalue weighted by atomic mass is 16.6. The molecule has 2 aromatic heterocycles. The first-order valence-electron chi connectivity index (χ1n) is 8.64. The molecule has 0 bridgehead atoms. The number of carbonyl (C=O) groups is 1. The molecule has 0 amide bonds. The normalized spacial score (nSPS) is 11.9. The molecule has 1 aromatic carbocycles. The van der Waals surface area contributed by atoms with Crippen LogP contribution in [0.2, 0.25) is 0 Å². The summed E-state index contributed by atoms with van der Waals surface area (Å²) in [6, 6.07) is 10.6. The summed E-state index contributed by atoms with van der Waals surface area (Å²) in [5.74, 6) is 0.191. The van der Waals surface area contributed by atoms with Crippen molar-refractivity contribution in [2.45, 2.75) is 25.8 Å². The molecule has 0 aliphatic rings. The minimum absolute atomic E-state index is 0.0706. The highest BCUT2D eigenvalue weighted by Crippen LogP contribution is 2.18. The summed E-state index contributed by atoms with van der Waals surface area (Å²) in [5, 5.41) is 14.8. The van der Waals surface area contributed by atoms with Crippen LogP contribution in [-0.2, 0) is 16.0 Å². The number of hydrogen-bond donors (Lipinski definition) is 2. The first-order valence-corrected chi connectivity index (χ1v) is 8.64. The Kier molecular flexibility index (Phi) is 5.65. The van der Waals surface area contributed by atoms with Gasteiger partial charge < -0.3 is 15.0 Å². The standard InChI is InChI=1S/C19H20N4O4/c1-2-14(22-18-8-7-15(11-21-18)23(25)26)12-27-19(24)9-13-10-20-17-6-4-3-5-16(13)17/h3-8,10-11,14,20H,2,9,12H2,1H3,(H,21,22). The van der Waals surface area contributed by atoms with Gasteiger partial charge in [-0.2, -0.15) is 0 Å². The van der Waals surface area contributed by atoms with Crippen LogP contribution in [0, 0.1) is 10.1 Å². The van der Waals surface area contributed by atoms with E-state index in [0.717, 1.165) is 16.5 Å². The lowest BCUT2D eigenvalue weighted by atomic mass is 10.1. The summed E-state index contributed by atoms with van der Waals surface area (Å²) in [6.45, 7) is 2.15. The molecular formula is C19H20N4O4. The van der Waals surface area contributed by atoms with Gasteiger partial charge in [-0.15, -0.1) is 0 Å². The van der Waals surface area contributed by atoms with Gasteiger partial charge in [-0.25, -0.2) is 4.98 Å². The number of nitrogens with zero attached hydrogens (tertiary/aromatic N) is 2. The van der Waals surface area contributed by atoms with Gasteiger partial charge in [-0.1, -0.05) is 25.1 Å². The summed E-state index contributed by atoms with van der Waals surface area (Å²) in [6.07, 6.45) is 3.91. The molecule has 0 spiro atoms. The second-order valence-corrected chi connectivity index (χ2v) is 6.13. The third kappa shape index (κ3) is 4.60. The third-order valence-electron chi connectivity index (χ3n) is 4.26. The van der Waals surface area contributed by atoms with Crippen LogP contribution in [0.25, 0.3) is 10.9 Å². The van der Waals surface area contributed by atoms with Crippen molar-refractivity contribution in [3.63, 3.8) is 0 Å². The fraction of sp³-hybridized carbons (Fsp3) is 0.263. The second-order valence-electron chi connectivity index (χ2n) is 6.13. The fourth-order valence-corrected chi connectivity index (χ4v) is 2.73. The molecule has 0 aliphatic carbocycles. The Bertz CT molecular complexity index is 936.